The summed E-state index contributed by atoms with van der Waals surface area (Å²) in [5, 5.41) is 2.94. The van der Waals surface area contributed by atoms with Crippen molar-refractivity contribution in [3.8, 4) is 0 Å². The van der Waals surface area contributed by atoms with E-state index in [9.17, 15) is 4.79 Å². The molecule has 1 amide bonds. The number of nitrogens with one attached hydrogen (secondary N) is 1. The van der Waals surface area contributed by atoms with E-state index in [0.717, 1.165) is 45.7 Å². The Hall–Kier alpha value is -0.810. The van der Waals surface area contributed by atoms with Gasteiger partial charge in [0.15, 0.2) is 0 Å². The standard InChI is InChI=1S/C14H28N2O3/c1-5-18-11-10-16-8-6-12(7-9-16)15-13(17)19-14(2,3)4/h12H,5-11H2,1-4H3,(H,15,17). The summed E-state index contributed by atoms with van der Waals surface area (Å²) in [6.07, 6.45) is 1.65. The second kappa shape index (κ2) is 7.70. The molecule has 1 heterocycles. The van der Waals surface area contributed by atoms with Crippen molar-refractivity contribution in [1.29, 1.82) is 0 Å². The fourth-order valence-electron chi connectivity index (χ4n) is 2.11. The van der Waals surface area contributed by atoms with Crippen molar-refractivity contribution >= 4 is 6.09 Å². The van der Waals surface area contributed by atoms with Crippen LogP contribution in [0, 0.1) is 0 Å². The first-order chi connectivity index (χ1) is 8.90. The topological polar surface area (TPSA) is 50.8 Å². The number of alkyl carbamates (subject to hydrolysis) is 1. The highest BCUT2D eigenvalue weighted by atomic mass is 16.6. The second-order valence-electron chi connectivity index (χ2n) is 5.96. The van der Waals surface area contributed by atoms with E-state index in [4.69, 9.17) is 9.47 Å². The van der Waals surface area contributed by atoms with Gasteiger partial charge in [-0.2, -0.15) is 0 Å². The van der Waals surface area contributed by atoms with Crippen LogP contribution in [0.4, 0.5) is 4.79 Å². The minimum atomic E-state index is -0.428. The van der Waals surface area contributed by atoms with Crippen molar-refractivity contribution in [3.63, 3.8) is 0 Å². The van der Waals surface area contributed by atoms with Crippen LogP contribution in [-0.2, 0) is 9.47 Å². The number of ether oxygens (including phenoxy) is 2. The highest BCUT2D eigenvalue weighted by Gasteiger charge is 2.23. The lowest BCUT2D eigenvalue weighted by molar-refractivity contribution is 0.0467. The van der Waals surface area contributed by atoms with Crippen molar-refractivity contribution in [2.24, 2.45) is 0 Å². The minimum absolute atomic E-state index is 0.234. The molecule has 1 N–H and O–H groups in total. The zero-order valence-electron chi connectivity index (χ0n) is 12.7. The Bertz CT molecular complexity index is 268. The molecule has 0 saturated carbocycles. The Balaban J connectivity index is 2.17. The fraction of sp³-hybridized carbons (Fsp3) is 0.929. The first-order valence-corrected chi connectivity index (χ1v) is 7.20. The van der Waals surface area contributed by atoms with E-state index in [1.54, 1.807) is 0 Å². The molecule has 1 rings (SSSR count). The van der Waals surface area contributed by atoms with E-state index in [0.29, 0.717) is 0 Å². The average Bonchev–Trinajstić information content (AvgIpc) is 2.29. The molecule has 1 aliphatic rings. The third kappa shape index (κ3) is 7.38. The van der Waals surface area contributed by atoms with E-state index >= 15 is 0 Å². The number of likely N-dealkylation sites (tertiary alicyclic amines) is 1. The second-order valence-corrected chi connectivity index (χ2v) is 5.96. The van der Waals surface area contributed by atoms with Gasteiger partial charge in [-0.1, -0.05) is 0 Å². The smallest absolute Gasteiger partial charge is 0.407 e. The number of nitrogens with zero attached hydrogens (tertiary/aromatic N) is 1. The number of amides is 1. The lowest BCUT2D eigenvalue weighted by Crippen LogP contribution is -2.46. The van der Waals surface area contributed by atoms with E-state index in [2.05, 4.69) is 10.2 Å². The van der Waals surface area contributed by atoms with Crippen LogP contribution in [0.3, 0.4) is 0 Å². The minimum Gasteiger partial charge on any atom is -0.444 e. The van der Waals surface area contributed by atoms with Crippen molar-refractivity contribution in [2.45, 2.75) is 52.2 Å². The van der Waals surface area contributed by atoms with E-state index in [1.165, 1.54) is 0 Å². The molecule has 5 heteroatoms. The number of carbonyl (C=O) groups excluding carboxylic acids is 1. The number of carbonyl (C=O) groups is 1. The molecule has 1 saturated heterocycles. The van der Waals surface area contributed by atoms with Gasteiger partial charge < -0.3 is 19.7 Å². The summed E-state index contributed by atoms with van der Waals surface area (Å²) in [6, 6.07) is 0.234. The molecule has 0 aromatic carbocycles. The Morgan fingerprint density at radius 1 is 1.32 bits per heavy atom. The van der Waals surface area contributed by atoms with Crippen LogP contribution < -0.4 is 5.32 Å². The monoisotopic (exact) mass is 272 g/mol. The van der Waals surface area contributed by atoms with Gasteiger partial charge in [0, 0.05) is 32.3 Å². The SMILES string of the molecule is CCOCCN1CCC(NC(=O)OC(C)(C)C)CC1. The Morgan fingerprint density at radius 3 is 2.47 bits per heavy atom. The van der Waals surface area contributed by atoms with Gasteiger partial charge in [-0.15, -0.1) is 0 Å². The lowest BCUT2D eigenvalue weighted by Gasteiger charge is -2.32. The number of hydrogen-bond acceptors (Lipinski definition) is 4. The van der Waals surface area contributed by atoms with E-state index < -0.39 is 5.60 Å². The van der Waals surface area contributed by atoms with E-state index in [-0.39, 0.29) is 12.1 Å². The first kappa shape index (κ1) is 16.2. The lowest BCUT2D eigenvalue weighted by atomic mass is 10.1. The average molecular weight is 272 g/mol. The summed E-state index contributed by atoms with van der Waals surface area (Å²) in [6.45, 7) is 12.2. The van der Waals surface area contributed by atoms with Crippen LogP contribution in [0.15, 0.2) is 0 Å². The maximum absolute atomic E-state index is 11.7. The number of hydrogen-bond donors (Lipinski definition) is 1. The van der Waals surface area contributed by atoms with Gasteiger partial charge >= 0.3 is 6.09 Å². The molecule has 0 aromatic rings. The van der Waals surface area contributed by atoms with Gasteiger partial charge in [0.2, 0.25) is 0 Å². The van der Waals surface area contributed by atoms with Crippen LogP contribution in [0.5, 0.6) is 0 Å². The largest absolute Gasteiger partial charge is 0.444 e. The molecule has 0 spiro atoms. The zero-order valence-corrected chi connectivity index (χ0v) is 12.7. The van der Waals surface area contributed by atoms with Crippen LogP contribution in [0.25, 0.3) is 0 Å². The predicted molar refractivity (Wildman–Crippen MR) is 75.3 cm³/mol. The van der Waals surface area contributed by atoms with Crippen LogP contribution in [0.1, 0.15) is 40.5 Å². The Morgan fingerprint density at radius 2 is 1.95 bits per heavy atom. The highest BCUT2D eigenvalue weighted by Crippen LogP contribution is 2.12. The predicted octanol–water partition coefficient (Wildman–Crippen LogP) is 2.01. The molecule has 0 bridgehead atoms. The molecule has 19 heavy (non-hydrogen) atoms. The summed E-state index contributed by atoms with van der Waals surface area (Å²) < 4.78 is 10.6. The molecule has 0 atom stereocenters. The molecular weight excluding hydrogens is 244 g/mol. The van der Waals surface area contributed by atoms with Crippen molar-refractivity contribution in [1.82, 2.24) is 10.2 Å². The Kier molecular flexibility index (Phi) is 6.58. The van der Waals surface area contributed by atoms with Crippen molar-refractivity contribution in [2.75, 3.05) is 32.8 Å². The summed E-state index contributed by atoms with van der Waals surface area (Å²) >= 11 is 0. The van der Waals surface area contributed by atoms with Crippen LogP contribution in [-0.4, -0.2) is 55.5 Å². The summed E-state index contributed by atoms with van der Waals surface area (Å²) in [4.78, 5) is 14.0. The maximum Gasteiger partial charge on any atom is 0.407 e. The van der Waals surface area contributed by atoms with Crippen molar-refractivity contribution < 1.29 is 14.3 Å². The van der Waals surface area contributed by atoms with E-state index in [1.807, 2.05) is 27.7 Å². The summed E-state index contributed by atoms with van der Waals surface area (Å²) in [5.41, 5.74) is -0.428. The number of rotatable bonds is 5. The molecule has 0 aliphatic carbocycles. The zero-order chi connectivity index (χ0) is 14.3. The van der Waals surface area contributed by atoms with Crippen LogP contribution >= 0.6 is 0 Å². The first-order valence-electron chi connectivity index (χ1n) is 7.20. The van der Waals surface area contributed by atoms with Gasteiger partial charge in [-0.3, -0.25) is 0 Å². The van der Waals surface area contributed by atoms with Gasteiger partial charge in [-0.05, 0) is 40.5 Å². The Labute approximate surface area is 116 Å². The quantitative estimate of drug-likeness (QED) is 0.778. The molecule has 0 unspecified atom stereocenters. The van der Waals surface area contributed by atoms with Crippen LogP contribution in [0.2, 0.25) is 0 Å². The number of piperidine rings is 1. The van der Waals surface area contributed by atoms with Gasteiger partial charge in [0.05, 0.1) is 6.61 Å². The normalized spacial score (nSPS) is 18.3. The van der Waals surface area contributed by atoms with Gasteiger partial charge in [-0.25, -0.2) is 4.79 Å². The van der Waals surface area contributed by atoms with Gasteiger partial charge in [0.1, 0.15) is 5.60 Å². The van der Waals surface area contributed by atoms with Gasteiger partial charge in [0.25, 0.3) is 0 Å². The summed E-state index contributed by atoms with van der Waals surface area (Å²) in [7, 11) is 0. The highest BCUT2D eigenvalue weighted by molar-refractivity contribution is 5.68. The molecule has 0 aromatic heterocycles. The van der Waals surface area contributed by atoms with Crippen molar-refractivity contribution in [3.05, 3.63) is 0 Å². The molecule has 112 valence electrons. The molecule has 1 fully saturated rings. The fourth-order valence-corrected chi connectivity index (χ4v) is 2.11. The molecule has 1 aliphatic heterocycles. The molecular formula is C14H28N2O3. The molecule has 0 radical (unpaired) electrons. The third-order valence-corrected chi connectivity index (χ3v) is 3.06. The maximum atomic E-state index is 11.7. The molecule has 5 nitrogen and oxygen atoms in total. The third-order valence-electron chi connectivity index (χ3n) is 3.06. The summed E-state index contributed by atoms with van der Waals surface area (Å²) in [5.74, 6) is 0.